The number of hydrogen-bond donors (Lipinski definition) is 0. The molecule has 0 aromatic heterocycles. The van der Waals surface area contributed by atoms with Gasteiger partial charge in [0.25, 0.3) is 0 Å². The van der Waals surface area contributed by atoms with Gasteiger partial charge in [-0.1, -0.05) is 63.2 Å². The minimum Gasteiger partial charge on any atom is -0.0985 e. The molecule has 0 aliphatic carbocycles. The van der Waals surface area contributed by atoms with Crippen molar-refractivity contribution < 1.29 is 0 Å². The fourth-order valence-electron chi connectivity index (χ4n) is 1.33. The number of rotatable bonds is 6. The molecule has 96 valence electrons. The van der Waals surface area contributed by atoms with Gasteiger partial charge in [-0.15, -0.1) is 0 Å². The highest BCUT2D eigenvalue weighted by Gasteiger charge is 1.79. The van der Waals surface area contributed by atoms with Gasteiger partial charge >= 0.3 is 0 Å². The molecule has 0 fully saturated rings. The Balaban J connectivity index is 3.62. The topological polar surface area (TPSA) is 0 Å². The van der Waals surface area contributed by atoms with Crippen LogP contribution in [0.1, 0.15) is 65.2 Å². The molecule has 0 atom stereocenters. The van der Waals surface area contributed by atoms with E-state index in [1.165, 1.54) is 38.5 Å². The zero-order chi connectivity index (χ0) is 13.3. The first-order valence-electron chi connectivity index (χ1n) is 7.03. The van der Waals surface area contributed by atoms with E-state index < -0.39 is 0 Å². The van der Waals surface area contributed by atoms with Crippen LogP contribution in [0.5, 0.6) is 0 Å². The second-order valence-electron chi connectivity index (χ2n) is 4.14. The predicted molar refractivity (Wildman–Crippen MR) is 80.8 cm³/mol. The Bertz CT molecular complexity index is 379. The van der Waals surface area contributed by atoms with Crippen LogP contribution in [0.25, 0.3) is 0 Å². The van der Waals surface area contributed by atoms with Gasteiger partial charge in [-0.3, -0.25) is 0 Å². The second-order valence-corrected chi connectivity index (χ2v) is 4.14. The average Bonchev–Trinajstić information content (AvgIpc) is 2.39. The minimum absolute atomic E-state index is 0.962. The lowest BCUT2D eigenvalue weighted by atomic mass is 10.2. The Hall–Kier alpha value is -1.58. The third kappa shape index (κ3) is 14.4. The molecular formula is C18H24. The molecule has 0 saturated heterocycles. The van der Waals surface area contributed by atoms with Crippen molar-refractivity contribution in [3.8, 4) is 35.5 Å². The van der Waals surface area contributed by atoms with Crippen molar-refractivity contribution in [2.24, 2.45) is 0 Å². The molecule has 0 bridgehead atoms. The van der Waals surface area contributed by atoms with Gasteiger partial charge in [0.1, 0.15) is 0 Å². The van der Waals surface area contributed by atoms with E-state index in [1.807, 2.05) is 0 Å². The maximum absolute atomic E-state index is 3.10. The Morgan fingerprint density at radius 2 is 1.28 bits per heavy atom. The molecule has 0 aliphatic heterocycles. The van der Waals surface area contributed by atoms with Crippen molar-refractivity contribution in [2.45, 2.75) is 65.2 Å². The van der Waals surface area contributed by atoms with E-state index in [1.54, 1.807) is 12.2 Å². The molecule has 0 saturated carbocycles. The van der Waals surface area contributed by atoms with E-state index in [0.717, 1.165) is 12.8 Å². The molecule has 0 aromatic carbocycles. The summed E-state index contributed by atoms with van der Waals surface area (Å²) in [6.45, 7) is 4.40. The summed E-state index contributed by atoms with van der Waals surface area (Å²) in [5.74, 6) is 17.7. The van der Waals surface area contributed by atoms with Crippen molar-refractivity contribution in [1.29, 1.82) is 0 Å². The third-order valence-corrected chi connectivity index (χ3v) is 2.39. The van der Waals surface area contributed by atoms with Crippen LogP contribution in [0.4, 0.5) is 0 Å². The maximum Gasteiger partial charge on any atom is 0.00989 e. The highest BCUT2D eigenvalue weighted by Crippen LogP contribution is 1.96. The van der Waals surface area contributed by atoms with Gasteiger partial charge in [0, 0.05) is 12.8 Å². The van der Waals surface area contributed by atoms with E-state index in [-0.39, 0.29) is 0 Å². The normalized spacial score (nSPS) is 8.78. The summed E-state index contributed by atoms with van der Waals surface area (Å²) < 4.78 is 0. The Labute approximate surface area is 113 Å². The SMILES string of the molecule is CCCCCC#CC#C/C=C\C#CCCCCC. The Morgan fingerprint density at radius 3 is 1.94 bits per heavy atom. The van der Waals surface area contributed by atoms with E-state index in [4.69, 9.17) is 0 Å². The fourth-order valence-corrected chi connectivity index (χ4v) is 1.33. The van der Waals surface area contributed by atoms with E-state index >= 15 is 0 Å². The molecule has 0 heteroatoms. The van der Waals surface area contributed by atoms with Crippen molar-refractivity contribution in [1.82, 2.24) is 0 Å². The Morgan fingerprint density at radius 1 is 0.667 bits per heavy atom. The van der Waals surface area contributed by atoms with Crippen molar-refractivity contribution >= 4 is 0 Å². The van der Waals surface area contributed by atoms with Gasteiger partial charge < -0.3 is 0 Å². The van der Waals surface area contributed by atoms with Gasteiger partial charge in [-0.05, 0) is 36.8 Å². The van der Waals surface area contributed by atoms with Crippen LogP contribution in [0.2, 0.25) is 0 Å². The van der Waals surface area contributed by atoms with Gasteiger partial charge in [0.15, 0.2) is 0 Å². The monoisotopic (exact) mass is 240 g/mol. The van der Waals surface area contributed by atoms with Gasteiger partial charge in [0.05, 0.1) is 0 Å². The zero-order valence-electron chi connectivity index (χ0n) is 11.8. The number of hydrogen-bond acceptors (Lipinski definition) is 0. The van der Waals surface area contributed by atoms with Gasteiger partial charge in [0.2, 0.25) is 0 Å². The lowest BCUT2D eigenvalue weighted by Gasteiger charge is -1.87. The van der Waals surface area contributed by atoms with Crippen LogP contribution in [0.15, 0.2) is 12.2 Å². The lowest BCUT2D eigenvalue weighted by Crippen LogP contribution is -1.70. The molecule has 0 amide bonds. The summed E-state index contributed by atoms with van der Waals surface area (Å²) in [5.41, 5.74) is 0. The van der Waals surface area contributed by atoms with E-state index in [0.29, 0.717) is 0 Å². The van der Waals surface area contributed by atoms with Crippen LogP contribution < -0.4 is 0 Å². The lowest BCUT2D eigenvalue weighted by molar-refractivity contribution is 0.737. The quantitative estimate of drug-likeness (QED) is 0.466. The maximum atomic E-state index is 3.10. The molecule has 0 spiro atoms. The summed E-state index contributed by atoms with van der Waals surface area (Å²) in [6, 6.07) is 0. The van der Waals surface area contributed by atoms with Gasteiger partial charge in [-0.2, -0.15) is 0 Å². The molecule has 0 nitrogen and oxygen atoms in total. The molecule has 0 aromatic rings. The molecule has 0 N–H and O–H groups in total. The number of allylic oxidation sites excluding steroid dienone is 2. The van der Waals surface area contributed by atoms with Crippen LogP contribution in [0.3, 0.4) is 0 Å². The molecule has 0 rings (SSSR count). The number of unbranched alkanes of at least 4 members (excludes halogenated alkanes) is 6. The first-order chi connectivity index (χ1) is 8.91. The first kappa shape index (κ1) is 16.4. The largest absolute Gasteiger partial charge is 0.0985 e. The Kier molecular flexibility index (Phi) is 14.1. The van der Waals surface area contributed by atoms with Crippen molar-refractivity contribution in [2.75, 3.05) is 0 Å². The summed E-state index contributed by atoms with van der Waals surface area (Å²) in [5, 5.41) is 0. The fraction of sp³-hybridized carbons (Fsp3) is 0.556. The molecular weight excluding hydrogens is 216 g/mol. The molecule has 18 heavy (non-hydrogen) atoms. The zero-order valence-corrected chi connectivity index (χ0v) is 11.8. The van der Waals surface area contributed by atoms with Gasteiger partial charge in [-0.25, -0.2) is 0 Å². The smallest absolute Gasteiger partial charge is 0.00989 e. The minimum atomic E-state index is 0.962. The van der Waals surface area contributed by atoms with Crippen LogP contribution in [0, 0.1) is 35.5 Å². The summed E-state index contributed by atoms with van der Waals surface area (Å²) in [7, 11) is 0. The predicted octanol–water partition coefficient (Wildman–Crippen LogP) is 4.71. The van der Waals surface area contributed by atoms with Crippen molar-refractivity contribution in [3.63, 3.8) is 0 Å². The molecule has 0 heterocycles. The van der Waals surface area contributed by atoms with E-state index in [9.17, 15) is 0 Å². The van der Waals surface area contributed by atoms with Crippen molar-refractivity contribution in [3.05, 3.63) is 12.2 Å². The molecule has 0 unspecified atom stereocenters. The standard InChI is InChI=1S/C18H24/c1-3-5-7-9-11-13-15-17-18-16-14-12-10-8-6-4-2/h15,17H,3-10H2,1-2H3/b17-15-. The second kappa shape index (κ2) is 15.4. The summed E-state index contributed by atoms with van der Waals surface area (Å²) in [6.07, 6.45) is 12.9. The van der Waals surface area contributed by atoms with Crippen LogP contribution in [-0.4, -0.2) is 0 Å². The van der Waals surface area contributed by atoms with Crippen LogP contribution in [-0.2, 0) is 0 Å². The third-order valence-electron chi connectivity index (χ3n) is 2.39. The first-order valence-corrected chi connectivity index (χ1v) is 7.03. The highest BCUT2D eigenvalue weighted by atomic mass is 13.8. The van der Waals surface area contributed by atoms with E-state index in [2.05, 4.69) is 49.4 Å². The molecule has 0 aliphatic rings. The molecule has 0 radical (unpaired) electrons. The average molecular weight is 240 g/mol. The highest BCUT2D eigenvalue weighted by molar-refractivity contribution is 5.33. The van der Waals surface area contributed by atoms with Crippen LogP contribution >= 0.6 is 0 Å². The summed E-state index contributed by atoms with van der Waals surface area (Å²) in [4.78, 5) is 0. The summed E-state index contributed by atoms with van der Waals surface area (Å²) >= 11 is 0.